The Morgan fingerprint density at radius 1 is 0.283 bits per heavy atom. The Labute approximate surface area is 685 Å². The van der Waals surface area contributed by atoms with E-state index < -0.39 is 0 Å². The summed E-state index contributed by atoms with van der Waals surface area (Å²) in [5.74, 6) is 10.7. The van der Waals surface area contributed by atoms with Crippen molar-refractivity contribution in [2.75, 3.05) is 0 Å². The van der Waals surface area contributed by atoms with E-state index >= 15 is 0 Å². The molecule has 0 saturated heterocycles. The smallest absolute Gasteiger partial charge is 0.0257 e. The van der Waals surface area contributed by atoms with Crippen LogP contribution in [0.15, 0.2) is 0 Å². The summed E-state index contributed by atoms with van der Waals surface area (Å²) in [4.78, 5) is 0. The predicted molar refractivity (Wildman–Crippen MR) is 506 cm³/mol. The maximum Gasteiger partial charge on any atom is -0.0257 e. The third-order valence-electron chi connectivity index (χ3n) is 31.6. The minimum Gasteiger partial charge on any atom is -0.0651 e. The Kier molecular flexibility index (Phi) is 60.8. The lowest BCUT2D eigenvalue weighted by atomic mass is 9.56. The van der Waals surface area contributed by atoms with E-state index in [0.29, 0.717) is 86.6 Å². The molecule has 0 aliphatic heterocycles. The van der Waals surface area contributed by atoms with Gasteiger partial charge in [0.05, 0.1) is 0 Å². The number of rotatable bonds is 7. The molecule has 106 heavy (non-hydrogen) atoms. The second-order valence-electron chi connectivity index (χ2n) is 51.9. The van der Waals surface area contributed by atoms with Gasteiger partial charge in [0.25, 0.3) is 0 Å². The second-order valence-corrected chi connectivity index (χ2v) is 51.9. The van der Waals surface area contributed by atoms with Crippen LogP contribution in [0.1, 0.15) is 532 Å². The highest BCUT2D eigenvalue weighted by Gasteiger charge is 2.42. The van der Waals surface area contributed by atoms with Gasteiger partial charge in [0, 0.05) is 0 Å². The molecule has 0 nitrogen and oxygen atoms in total. The van der Waals surface area contributed by atoms with Gasteiger partial charge in [-0.2, -0.15) is 0 Å². The summed E-state index contributed by atoms with van der Waals surface area (Å²) in [6, 6.07) is 0. The summed E-state index contributed by atoms with van der Waals surface area (Å²) in [7, 11) is 0. The molecule has 0 aromatic rings. The Balaban J connectivity index is -0.000000138. The van der Waals surface area contributed by atoms with Crippen LogP contribution in [-0.2, 0) is 0 Å². The summed E-state index contributed by atoms with van der Waals surface area (Å²) in [6.45, 7) is 143. The van der Waals surface area contributed by atoms with E-state index in [9.17, 15) is 0 Å². The average Bonchev–Trinajstić information content (AvgIpc) is 0.790. The summed E-state index contributed by atoms with van der Waals surface area (Å²) >= 11 is 0. The zero-order chi connectivity index (χ0) is 88.2. The van der Waals surface area contributed by atoms with Gasteiger partial charge in [-0.15, -0.1) is 0 Å². The topological polar surface area (TPSA) is 0 Å². The fourth-order valence-electron chi connectivity index (χ4n) is 10.9. The van der Waals surface area contributed by atoms with Crippen LogP contribution in [0.4, 0.5) is 0 Å². The molecule has 3 fully saturated rings. The lowest BCUT2D eigenvalue weighted by Crippen LogP contribution is -2.41. The SMILES string of the molecule is CC(C(C)(C)C)C(C)(C)C.CC(C)(C)C(C)(C)C.CC(C)(C)C(C)(C)C.CC(C)(C)C(C)(C)C(C)(C)C.CC(C)C(C)(C)C(C)(C)C.CC(C)C(C)(C)C(C)C.CC(C)[C@@H](C)C(C)(C)C.CC1CCCC[C@H]1C.CC1CCC[C@@H](C)C1.CCC(C)(C)C(C)(C)C.CCC1CCCCC1.CC[C@@H](C)C(C)(C)C. The number of hydrogen-bond donors (Lipinski definition) is 0. The molecule has 0 heteroatoms. The summed E-state index contributed by atoms with van der Waals surface area (Å²) in [5, 5.41) is 0. The van der Waals surface area contributed by atoms with Gasteiger partial charge in [-0.1, -0.05) is 526 Å². The van der Waals surface area contributed by atoms with Gasteiger partial charge >= 0.3 is 0 Å². The summed E-state index contributed by atoms with van der Waals surface area (Å²) in [5.41, 5.74) is 7.04. The molecule has 0 spiro atoms. The Morgan fingerprint density at radius 3 is 0.632 bits per heavy atom. The van der Waals surface area contributed by atoms with Crippen molar-refractivity contribution in [1.29, 1.82) is 0 Å². The van der Waals surface area contributed by atoms with Crippen LogP contribution in [0.5, 0.6) is 0 Å². The molecule has 654 valence electrons. The monoisotopic (exact) mass is 1500 g/mol. The molecule has 3 rings (SSSR count). The largest absolute Gasteiger partial charge is 0.0651 e. The van der Waals surface area contributed by atoms with Gasteiger partial charge in [0.15, 0.2) is 0 Å². The van der Waals surface area contributed by atoms with Gasteiger partial charge in [0.1, 0.15) is 0 Å². The first-order valence-electron chi connectivity index (χ1n) is 45.9. The van der Waals surface area contributed by atoms with Gasteiger partial charge in [-0.05, 0) is 164 Å². The molecule has 2 unspecified atom stereocenters. The predicted octanol–water partition coefficient (Wildman–Crippen LogP) is 39.5. The van der Waals surface area contributed by atoms with Crippen molar-refractivity contribution in [3.8, 4) is 0 Å². The van der Waals surface area contributed by atoms with Crippen molar-refractivity contribution in [3.63, 3.8) is 0 Å². The van der Waals surface area contributed by atoms with E-state index in [4.69, 9.17) is 0 Å². The third kappa shape index (κ3) is 59.7. The zero-order valence-electron chi connectivity index (χ0n) is 88.2. The van der Waals surface area contributed by atoms with E-state index in [1.54, 1.807) is 0 Å². The van der Waals surface area contributed by atoms with Gasteiger partial charge in [0.2, 0.25) is 0 Å². The molecule has 0 aromatic carbocycles. The fourth-order valence-corrected chi connectivity index (χ4v) is 10.9. The maximum absolute atomic E-state index is 2.38. The van der Waals surface area contributed by atoms with Crippen LogP contribution in [0.3, 0.4) is 0 Å². The normalized spacial score (nSPS) is 19.2. The van der Waals surface area contributed by atoms with Crippen LogP contribution in [-0.4, -0.2) is 0 Å². The molecule has 0 bridgehead atoms. The van der Waals surface area contributed by atoms with Crippen LogP contribution in [0.25, 0.3) is 0 Å². The van der Waals surface area contributed by atoms with Crippen LogP contribution >= 0.6 is 0 Å². The van der Waals surface area contributed by atoms with Crippen molar-refractivity contribution >= 4 is 0 Å². The minimum absolute atomic E-state index is 0.375. The molecular formula is C106H230. The molecular weight excluding hydrogens is 1270 g/mol. The molecule has 6 atom stereocenters. The molecule has 0 N–H and O–H groups in total. The molecule has 3 aliphatic carbocycles. The highest BCUT2D eigenvalue weighted by Crippen LogP contribution is 2.51. The van der Waals surface area contributed by atoms with Crippen LogP contribution in [0.2, 0.25) is 0 Å². The van der Waals surface area contributed by atoms with Crippen molar-refractivity contribution < 1.29 is 0 Å². The molecule has 3 saturated carbocycles. The quantitative estimate of drug-likeness (QED) is 0.238. The van der Waals surface area contributed by atoms with E-state index in [-0.39, 0.29) is 0 Å². The standard InChI is InChI=1S/C11H24.2C10H22.3C9H20.3C8H16.3C8H18/c1-9(2,3)11(7,8)10(4,5)6;1-8(9(2,3)4)10(5,6)7;1-8(2)10(6,7)9(3,4)5;1-7-9(5,6)8(2,3)4;1-7(2)8(3)9(4,5)6;1-7(2)9(5,6)8(3)4;1-7-4-3-5-8(2)6-7;1-7-5-3-4-6-8(7)2;1-2-8-6-4-3-5-7-8;2*1-7(2,3)8(4,5)6;1-6-7(2)8(3,4)5/h1-8H3;2*8H,1-7H3;7H2,1-6H3;2*7-8H,1-6H3;2*7-8H,3-6H2,1-2H3;8H,2-7H2,1H3;2*1-6H3;7H,6H2,1-5H3/t;;;;8-;;2*7-,8?;;;;7-/m....1.11...1/s1. The molecule has 3 aliphatic rings. The molecule has 0 amide bonds. The first-order valence-corrected chi connectivity index (χ1v) is 45.9. The first kappa shape index (κ1) is 124. The third-order valence-corrected chi connectivity index (χ3v) is 31.6. The number of hydrogen-bond acceptors (Lipinski definition) is 0. The van der Waals surface area contributed by atoms with Gasteiger partial charge in [-0.3, -0.25) is 0 Å². The van der Waals surface area contributed by atoms with Crippen LogP contribution in [0, 0.1) is 158 Å². The van der Waals surface area contributed by atoms with Crippen molar-refractivity contribution in [3.05, 3.63) is 0 Å². The molecule has 0 radical (unpaired) electrons. The highest BCUT2D eigenvalue weighted by atomic mass is 14.5. The van der Waals surface area contributed by atoms with E-state index in [1.165, 1.54) is 103 Å². The van der Waals surface area contributed by atoms with E-state index in [0.717, 1.165) is 71.0 Å². The van der Waals surface area contributed by atoms with Gasteiger partial charge < -0.3 is 0 Å². The Morgan fingerprint density at radius 2 is 0.566 bits per heavy atom. The molecule has 0 aromatic heterocycles. The lowest BCUT2D eigenvalue weighted by Gasteiger charge is -2.49. The molecule has 0 heterocycles. The van der Waals surface area contributed by atoms with E-state index in [2.05, 4.69) is 429 Å². The minimum atomic E-state index is 0.375. The van der Waals surface area contributed by atoms with Gasteiger partial charge in [-0.25, -0.2) is 0 Å². The maximum atomic E-state index is 2.38. The summed E-state index contributed by atoms with van der Waals surface area (Å²) in [6.07, 6.45) is 23.3. The first-order chi connectivity index (χ1) is 45.9. The average molecular weight is 1510 g/mol. The second kappa shape index (κ2) is 51.8. The van der Waals surface area contributed by atoms with Crippen molar-refractivity contribution in [1.82, 2.24) is 0 Å². The van der Waals surface area contributed by atoms with E-state index in [1.807, 2.05) is 0 Å². The highest BCUT2D eigenvalue weighted by molar-refractivity contribution is 4.92. The van der Waals surface area contributed by atoms with Crippen LogP contribution < -0.4 is 0 Å². The van der Waals surface area contributed by atoms with Crippen molar-refractivity contribution in [2.24, 2.45) is 158 Å². The Hall–Kier alpha value is 0. The fraction of sp³-hybridized carbons (Fsp3) is 1.00. The lowest BCUT2D eigenvalue weighted by molar-refractivity contribution is 0.00575. The summed E-state index contributed by atoms with van der Waals surface area (Å²) < 4.78 is 0. The zero-order valence-corrected chi connectivity index (χ0v) is 88.2. The Bertz CT molecular complexity index is 1880. The van der Waals surface area contributed by atoms with Crippen molar-refractivity contribution in [2.45, 2.75) is 532 Å².